The topological polar surface area (TPSA) is 69.1 Å². The summed E-state index contributed by atoms with van der Waals surface area (Å²) >= 11 is 0. The van der Waals surface area contributed by atoms with Gasteiger partial charge in [0.1, 0.15) is 11.5 Å². The number of ether oxygens (including phenoxy) is 1. The Morgan fingerprint density at radius 1 is 1.13 bits per heavy atom. The molecule has 0 spiro atoms. The van der Waals surface area contributed by atoms with Crippen LogP contribution in [-0.4, -0.2) is 55.8 Å². The van der Waals surface area contributed by atoms with E-state index in [-0.39, 0.29) is 6.04 Å². The number of para-hydroxylation sites is 1. The molecule has 0 aromatic heterocycles. The predicted molar refractivity (Wildman–Crippen MR) is 122 cm³/mol. The van der Waals surface area contributed by atoms with Gasteiger partial charge in [-0.25, -0.2) is 0 Å². The lowest BCUT2D eigenvalue weighted by Gasteiger charge is -2.28. The Morgan fingerprint density at radius 3 is 2.67 bits per heavy atom. The summed E-state index contributed by atoms with van der Waals surface area (Å²) in [4.78, 5) is 7.42. The van der Waals surface area contributed by atoms with E-state index in [9.17, 15) is 5.11 Å². The highest BCUT2D eigenvalue weighted by atomic mass is 16.5. The zero-order valence-electron chi connectivity index (χ0n) is 18.1. The van der Waals surface area contributed by atoms with Gasteiger partial charge in [-0.3, -0.25) is 9.89 Å². The van der Waals surface area contributed by atoms with Crippen molar-refractivity contribution in [1.82, 2.24) is 15.5 Å². The molecule has 1 saturated heterocycles. The van der Waals surface area contributed by atoms with E-state index in [0.717, 1.165) is 49.9 Å². The zero-order chi connectivity index (χ0) is 21.2. The number of nitrogens with zero attached hydrogens (tertiary/aromatic N) is 2. The van der Waals surface area contributed by atoms with E-state index >= 15 is 0 Å². The first-order chi connectivity index (χ1) is 14.7. The van der Waals surface area contributed by atoms with Crippen molar-refractivity contribution in [3.63, 3.8) is 0 Å². The van der Waals surface area contributed by atoms with E-state index in [1.807, 2.05) is 24.3 Å². The number of phenols is 1. The lowest BCUT2D eigenvalue weighted by atomic mass is 10.0. The van der Waals surface area contributed by atoms with Crippen LogP contribution in [0.2, 0.25) is 0 Å². The maximum Gasteiger partial charge on any atom is 0.191 e. The quantitative estimate of drug-likeness (QED) is 0.437. The van der Waals surface area contributed by atoms with E-state index in [2.05, 4.69) is 34.6 Å². The summed E-state index contributed by atoms with van der Waals surface area (Å²) in [7, 11) is 1.73. The third-order valence-electron chi connectivity index (χ3n) is 5.46. The van der Waals surface area contributed by atoms with E-state index in [0.29, 0.717) is 12.3 Å². The van der Waals surface area contributed by atoms with Gasteiger partial charge in [0.05, 0.1) is 19.7 Å². The summed E-state index contributed by atoms with van der Waals surface area (Å²) in [6.45, 7) is 6.49. The molecular formula is C24H34N4O2. The lowest BCUT2D eigenvalue weighted by molar-refractivity contribution is 0.245. The third kappa shape index (κ3) is 6.13. The molecule has 1 fully saturated rings. The Bertz CT molecular complexity index is 818. The molecule has 1 aliphatic heterocycles. The van der Waals surface area contributed by atoms with Crippen molar-refractivity contribution in [3.05, 3.63) is 59.7 Å². The van der Waals surface area contributed by atoms with Crippen LogP contribution in [0, 0.1) is 0 Å². The predicted octanol–water partition coefficient (Wildman–Crippen LogP) is 3.34. The van der Waals surface area contributed by atoms with Crippen LogP contribution in [0.15, 0.2) is 53.5 Å². The van der Waals surface area contributed by atoms with Crippen molar-refractivity contribution in [2.24, 2.45) is 4.99 Å². The number of guanidine groups is 1. The molecule has 0 aliphatic carbocycles. The first-order valence-corrected chi connectivity index (χ1v) is 10.9. The number of benzene rings is 2. The standard InChI is InChI=1S/C24H34N4O2/c1-3-25-24(26-14-13-19-9-8-10-20(29)17-19)27-18-22(28-15-6-7-16-28)21-11-4-5-12-23(21)30-2/h4-5,8-12,17,22,29H,3,6-7,13-16,18H2,1-2H3,(H2,25,26,27). The number of aromatic hydroxyl groups is 1. The van der Waals surface area contributed by atoms with Crippen molar-refractivity contribution >= 4 is 5.96 Å². The van der Waals surface area contributed by atoms with Crippen molar-refractivity contribution in [3.8, 4) is 11.5 Å². The highest BCUT2D eigenvalue weighted by molar-refractivity contribution is 5.79. The number of nitrogens with one attached hydrogen (secondary N) is 2. The Morgan fingerprint density at radius 2 is 1.93 bits per heavy atom. The normalized spacial score (nSPS) is 15.7. The maximum absolute atomic E-state index is 9.63. The highest BCUT2D eigenvalue weighted by Gasteiger charge is 2.25. The van der Waals surface area contributed by atoms with Gasteiger partial charge < -0.3 is 20.5 Å². The molecule has 2 aromatic rings. The van der Waals surface area contributed by atoms with Crippen LogP contribution in [-0.2, 0) is 6.42 Å². The second kappa shape index (κ2) is 11.5. The number of phenolic OH excluding ortho intramolecular Hbond substituents is 1. The number of aliphatic imine (C=N–C) groups is 1. The number of hydrogen-bond donors (Lipinski definition) is 3. The van der Waals surface area contributed by atoms with Crippen molar-refractivity contribution < 1.29 is 9.84 Å². The fourth-order valence-electron chi connectivity index (χ4n) is 3.96. The summed E-state index contributed by atoms with van der Waals surface area (Å²) in [5, 5.41) is 16.4. The Hall–Kier alpha value is -2.73. The smallest absolute Gasteiger partial charge is 0.191 e. The summed E-state index contributed by atoms with van der Waals surface area (Å²) < 4.78 is 5.64. The number of likely N-dealkylation sites (tertiary alicyclic amines) is 1. The van der Waals surface area contributed by atoms with Gasteiger partial charge >= 0.3 is 0 Å². The van der Waals surface area contributed by atoms with Crippen LogP contribution >= 0.6 is 0 Å². The Kier molecular flexibility index (Phi) is 8.39. The largest absolute Gasteiger partial charge is 0.508 e. The second-order valence-corrected chi connectivity index (χ2v) is 7.57. The summed E-state index contributed by atoms with van der Waals surface area (Å²) in [5.41, 5.74) is 2.29. The molecule has 0 amide bonds. The number of rotatable bonds is 9. The molecule has 6 nitrogen and oxygen atoms in total. The molecule has 0 radical (unpaired) electrons. The van der Waals surface area contributed by atoms with Crippen LogP contribution < -0.4 is 15.4 Å². The molecule has 1 aliphatic rings. The summed E-state index contributed by atoms with van der Waals surface area (Å²) in [6, 6.07) is 15.9. The average molecular weight is 411 g/mol. The maximum atomic E-state index is 9.63. The van der Waals surface area contributed by atoms with E-state index in [1.54, 1.807) is 19.2 Å². The molecular weight excluding hydrogens is 376 g/mol. The third-order valence-corrected chi connectivity index (χ3v) is 5.46. The molecule has 3 rings (SSSR count). The minimum atomic E-state index is 0.199. The van der Waals surface area contributed by atoms with Gasteiger partial charge in [0, 0.05) is 18.7 Å². The minimum Gasteiger partial charge on any atom is -0.508 e. The molecule has 2 aromatic carbocycles. The van der Waals surface area contributed by atoms with Crippen molar-refractivity contribution in [2.45, 2.75) is 32.2 Å². The summed E-state index contributed by atoms with van der Waals surface area (Å²) in [6.07, 6.45) is 3.29. The van der Waals surface area contributed by atoms with Crippen LogP contribution in [0.1, 0.15) is 36.9 Å². The number of methoxy groups -OCH3 is 1. The van der Waals surface area contributed by atoms with E-state index in [4.69, 9.17) is 9.73 Å². The molecule has 3 N–H and O–H groups in total. The van der Waals surface area contributed by atoms with E-state index in [1.165, 1.54) is 18.4 Å². The SMILES string of the molecule is CCNC(=NCC(c1ccccc1OC)N1CCCC1)NCCc1cccc(O)c1. The Balaban J connectivity index is 1.69. The van der Waals surface area contributed by atoms with Crippen LogP contribution in [0.4, 0.5) is 0 Å². The molecule has 6 heteroatoms. The highest BCUT2D eigenvalue weighted by Crippen LogP contribution is 2.31. The van der Waals surface area contributed by atoms with Gasteiger partial charge in [-0.1, -0.05) is 30.3 Å². The van der Waals surface area contributed by atoms with Gasteiger partial charge in [-0.05, 0) is 63.0 Å². The fourth-order valence-corrected chi connectivity index (χ4v) is 3.96. The van der Waals surface area contributed by atoms with Gasteiger partial charge in [-0.15, -0.1) is 0 Å². The molecule has 162 valence electrons. The van der Waals surface area contributed by atoms with Crippen LogP contribution in [0.5, 0.6) is 11.5 Å². The molecule has 30 heavy (non-hydrogen) atoms. The first-order valence-electron chi connectivity index (χ1n) is 10.9. The Labute approximate surface area is 180 Å². The monoisotopic (exact) mass is 410 g/mol. The van der Waals surface area contributed by atoms with Crippen molar-refractivity contribution in [2.75, 3.05) is 39.8 Å². The first kappa shape index (κ1) is 22.0. The fraction of sp³-hybridized carbons (Fsp3) is 0.458. The minimum absolute atomic E-state index is 0.199. The van der Waals surface area contributed by atoms with Crippen LogP contribution in [0.25, 0.3) is 0 Å². The molecule has 0 saturated carbocycles. The van der Waals surface area contributed by atoms with Gasteiger partial charge in [0.25, 0.3) is 0 Å². The average Bonchev–Trinajstić information content (AvgIpc) is 3.29. The lowest BCUT2D eigenvalue weighted by Crippen LogP contribution is -2.39. The van der Waals surface area contributed by atoms with Gasteiger partial charge in [0.15, 0.2) is 5.96 Å². The molecule has 1 heterocycles. The van der Waals surface area contributed by atoms with E-state index < -0.39 is 0 Å². The second-order valence-electron chi connectivity index (χ2n) is 7.57. The van der Waals surface area contributed by atoms with Gasteiger partial charge in [-0.2, -0.15) is 0 Å². The van der Waals surface area contributed by atoms with Crippen LogP contribution in [0.3, 0.4) is 0 Å². The molecule has 1 unspecified atom stereocenters. The number of hydrogen-bond acceptors (Lipinski definition) is 4. The zero-order valence-corrected chi connectivity index (χ0v) is 18.1. The summed E-state index contributed by atoms with van der Waals surface area (Å²) in [5.74, 6) is 2.04. The van der Waals surface area contributed by atoms with Crippen molar-refractivity contribution in [1.29, 1.82) is 0 Å². The molecule has 0 bridgehead atoms. The van der Waals surface area contributed by atoms with Gasteiger partial charge in [0.2, 0.25) is 0 Å². The molecule has 1 atom stereocenters.